The molecule has 0 N–H and O–H groups in total. The summed E-state index contributed by atoms with van der Waals surface area (Å²) in [5, 5.41) is 12.5. The lowest BCUT2D eigenvalue weighted by Crippen LogP contribution is -2.31. The van der Waals surface area contributed by atoms with Crippen molar-refractivity contribution in [1.82, 2.24) is 19.5 Å². The van der Waals surface area contributed by atoms with E-state index in [9.17, 15) is 0 Å². The van der Waals surface area contributed by atoms with Gasteiger partial charge in [-0.05, 0) is 132 Å². The number of rotatable bonds is 5. The van der Waals surface area contributed by atoms with Crippen molar-refractivity contribution in [3.05, 3.63) is 193 Å². The van der Waals surface area contributed by atoms with E-state index in [2.05, 4.69) is 179 Å². The van der Waals surface area contributed by atoms with Gasteiger partial charge in [-0.15, -0.1) is 0 Å². The molecule has 0 aliphatic heterocycles. The number of pyridine rings is 3. The maximum atomic E-state index is 4.99. The van der Waals surface area contributed by atoms with Crippen molar-refractivity contribution in [2.45, 2.75) is 12.8 Å². The first-order chi connectivity index (χ1) is 29.2. The molecule has 4 nitrogen and oxygen atoms in total. The summed E-state index contributed by atoms with van der Waals surface area (Å²) >= 11 is 0. The summed E-state index contributed by atoms with van der Waals surface area (Å²) in [6, 6.07) is 57.1. The average molecular weight is 753 g/mol. The first-order valence-corrected chi connectivity index (χ1v) is 20.3. The zero-order valence-electron chi connectivity index (χ0n) is 32.2. The van der Waals surface area contributed by atoms with E-state index in [4.69, 9.17) is 9.97 Å². The van der Waals surface area contributed by atoms with Gasteiger partial charge >= 0.3 is 0 Å². The molecule has 4 aromatic heterocycles. The Morgan fingerprint density at radius 2 is 0.983 bits per heavy atom. The highest BCUT2D eigenvalue weighted by atomic mass is 15.0. The summed E-state index contributed by atoms with van der Waals surface area (Å²) < 4.78 is 2.25. The maximum Gasteiger partial charge on any atom is 0.0887 e. The Bertz CT molecular complexity index is 3550. The van der Waals surface area contributed by atoms with Gasteiger partial charge in [0, 0.05) is 34.9 Å². The lowest BCUT2D eigenvalue weighted by atomic mass is 9.84. The second-order valence-corrected chi connectivity index (χ2v) is 15.5. The Kier molecular flexibility index (Phi) is 7.63. The first kappa shape index (κ1) is 33.4. The van der Waals surface area contributed by atoms with Gasteiger partial charge in [-0.1, -0.05) is 121 Å². The van der Waals surface area contributed by atoms with Crippen LogP contribution in [0.25, 0.3) is 117 Å². The number of fused-ring (bicyclic) bond motifs is 7. The topological polar surface area (TPSA) is 43.6 Å². The highest BCUT2D eigenvalue weighted by Crippen LogP contribution is 2.37. The standard InChI is InChI=1S/C55H36N4/c1-3-11-37-29-40(19-17-35(37)9-1)54-45-14-5-6-15-46(45)55(41-20-18-36-10-2-4-12-38(36)30-41)48-31-39(21-24-47(48)54)42-22-25-50(57-32-42)51-26-23-43(33-58-51)59-52-16-8-7-13-44(52)49-34-56-28-27-53(49)59/h1-4,7-34H,5-6H2. The molecule has 1 aliphatic rings. The summed E-state index contributed by atoms with van der Waals surface area (Å²) in [7, 11) is 0. The number of para-hydroxylation sites is 1. The van der Waals surface area contributed by atoms with E-state index in [1.54, 1.807) is 0 Å². The van der Waals surface area contributed by atoms with Crippen molar-refractivity contribution in [1.29, 1.82) is 0 Å². The third kappa shape index (κ3) is 5.49. The van der Waals surface area contributed by atoms with Crippen LogP contribution < -0.4 is 10.4 Å². The Labute approximate surface area is 340 Å². The summed E-state index contributed by atoms with van der Waals surface area (Å²) in [5.41, 5.74) is 12.2. The molecule has 0 unspecified atom stereocenters. The average Bonchev–Trinajstić information content (AvgIpc) is 3.65. The predicted octanol–water partition coefficient (Wildman–Crippen LogP) is 12.5. The van der Waals surface area contributed by atoms with Crippen LogP contribution in [0.2, 0.25) is 0 Å². The van der Waals surface area contributed by atoms with E-state index >= 15 is 0 Å². The van der Waals surface area contributed by atoms with Crippen LogP contribution in [0.4, 0.5) is 0 Å². The molecule has 0 fully saturated rings. The molecular formula is C55H36N4. The molecule has 11 aromatic rings. The number of hydrogen-bond acceptors (Lipinski definition) is 3. The highest BCUT2D eigenvalue weighted by molar-refractivity contribution is 6.10. The zero-order chi connectivity index (χ0) is 38.9. The summed E-state index contributed by atoms with van der Waals surface area (Å²) in [6.07, 6.45) is 14.7. The molecule has 0 amide bonds. The molecule has 0 atom stereocenters. The minimum absolute atomic E-state index is 0.832. The molecule has 0 saturated carbocycles. The molecular weight excluding hydrogens is 717 g/mol. The summed E-state index contributed by atoms with van der Waals surface area (Å²) in [5.74, 6) is 0. The van der Waals surface area contributed by atoms with E-state index in [1.165, 1.54) is 70.4 Å². The van der Waals surface area contributed by atoms with Gasteiger partial charge in [-0.3, -0.25) is 15.0 Å². The fraction of sp³-hybridized carbons (Fsp3) is 0.0364. The molecule has 1 aliphatic carbocycles. The van der Waals surface area contributed by atoms with Crippen LogP contribution in [0.1, 0.15) is 12.8 Å². The zero-order valence-corrected chi connectivity index (χ0v) is 32.2. The molecule has 0 radical (unpaired) electrons. The van der Waals surface area contributed by atoms with Crippen LogP contribution in [0.15, 0.2) is 183 Å². The van der Waals surface area contributed by atoms with E-state index in [0.717, 1.165) is 57.5 Å². The molecule has 7 aromatic carbocycles. The number of nitrogens with zero attached hydrogens (tertiary/aromatic N) is 4. The lowest BCUT2D eigenvalue weighted by molar-refractivity contribution is 1.12. The van der Waals surface area contributed by atoms with E-state index < -0.39 is 0 Å². The van der Waals surface area contributed by atoms with Crippen molar-refractivity contribution in [3.8, 4) is 50.5 Å². The second-order valence-electron chi connectivity index (χ2n) is 15.5. The van der Waals surface area contributed by atoms with Crippen LogP contribution in [-0.4, -0.2) is 19.5 Å². The van der Waals surface area contributed by atoms with Crippen LogP contribution in [0.5, 0.6) is 0 Å². The van der Waals surface area contributed by atoms with Crippen molar-refractivity contribution in [3.63, 3.8) is 0 Å². The molecule has 4 heterocycles. The molecule has 276 valence electrons. The van der Waals surface area contributed by atoms with Gasteiger partial charge in [-0.25, -0.2) is 0 Å². The lowest BCUT2D eigenvalue weighted by Gasteiger charge is -2.19. The minimum Gasteiger partial charge on any atom is -0.308 e. The van der Waals surface area contributed by atoms with Gasteiger partial charge < -0.3 is 4.57 Å². The van der Waals surface area contributed by atoms with Gasteiger partial charge in [0.15, 0.2) is 0 Å². The SMILES string of the molecule is C1=c2c(-c3ccc4ccccc4c3)c3ccc(-c4ccc(-c5ccc(-n6c7ccccc7c7cnccc76)cn5)nc4)cc3c(-c3ccc4ccccc4c3)c2=CCC1. The fourth-order valence-corrected chi connectivity index (χ4v) is 9.38. The van der Waals surface area contributed by atoms with E-state index in [0.29, 0.717) is 0 Å². The van der Waals surface area contributed by atoms with Crippen LogP contribution in [0, 0.1) is 0 Å². The molecule has 4 heteroatoms. The third-order valence-electron chi connectivity index (χ3n) is 12.2. The van der Waals surface area contributed by atoms with Crippen LogP contribution in [-0.2, 0) is 0 Å². The summed E-state index contributed by atoms with van der Waals surface area (Å²) in [4.78, 5) is 14.3. The highest BCUT2D eigenvalue weighted by Gasteiger charge is 2.18. The fourth-order valence-electron chi connectivity index (χ4n) is 9.38. The number of aromatic nitrogens is 4. The molecule has 0 spiro atoms. The summed E-state index contributed by atoms with van der Waals surface area (Å²) in [6.45, 7) is 0. The van der Waals surface area contributed by atoms with Gasteiger partial charge in [0.1, 0.15) is 0 Å². The molecule has 0 saturated heterocycles. The van der Waals surface area contributed by atoms with Gasteiger partial charge in [-0.2, -0.15) is 0 Å². The third-order valence-corrected chi connectivity index (χ3v) is 12.2. The normalized spacial score (nSPS) is 12.5. The Morgan fingerprint density at radius 1 is 0.390 bits per heavy atom. The van der Waals surface area contributed by atoms with Crippen molar-refractivity contribution >= 4 is 66.3 Å². The number of benzene rings is 7. The quantitative estimate of drug-likeness (QED) is 0.176. The molecule has 59 heavy (non-hydrogen) atoms. The van der Waals surface area contributed by atoms with Crippen LogP contribution >= 0.6 is 0 Å². The van der Waals surface area contributed by atoms with Gasteiger partial charge in [0.25, 0.3) is 0 Å². The van der Waals surface area contributed by atoms with Gasteiger partial charge in [0.05, 0.1) is 34.3 Å². The molecule has 12 rings (SSSR count). The van der Waals surface area contributed by atoms with Crippen LogP contribution in [0.3, 0.4) is 0 Å². The largest absolute Gasteiger partial charge is 0.308 e. The molecule has 0 bridgehead atoms. The number of hydrogen-bond donors (Lipinski definition) is 0. The van der Waals surface area contributed by atoms with E-state index in [-0.39, 0.29) is 0 Å². The Balaban J connectivity index is 0.988. The van der Waals surface area contributed by atoms with Crippen molar-refractivity contribution < 1.29 is 0 Å². The van der Waals surface area contributed by atoms with Crippen molar-refractivity contribution in [2.75, 3.05) is 0 Å². The minimum atomic E-state index is 0.832. The van der Waals surface area contributed by atoms with Crippen molar-refractivity contribution in [2.24, 2.45) is 0 Å². The Hall–Kier alpha value is -7.69. The maximum absolute atomic E-state index is 4.99. The first-order valence-electron chi connectivity index (χ1n) is 20.3. The Morgan fingerprint density at radius 3 is 1.66 bits per heavy atom. The smallest absolute Gasteiger partial charge is 0.0887 e. The predicted molar refractivity (Wildman–Crippen MR) is 246 cm³/mol. The van der Waals surface area contributed by atoms with E-state index in [1.807, 2.05) is 24.8 Å². The monoisotopic (exact) mass is 752 g/mol. The van der Waals surface area contributed by atoms with Gasteiger partial charge in [0.2, 0.25) is 0 Å². The second kappa shape index (κ2) is 13.5.